The molecule has 0 aliphatic carbocycles. The summed E-state index contributed by atoms with van der Waals surface area (Å²) >= 11 is 4.93. The second-order valence-electron chi connectivity index (χ2n) is 4.87. The number of sulfonamides is 1. The zero-order chi connectivity index (χ0) is 16.3. The lowest BCUT2D eigenvalue weighted by molar-refractivity contribution is -0.146. The van der Waals surface area contributed by atoms with Gasteiger partial charge >= 0.3 is 5.97 Å². The first-order valence-corrected chi connectivity index (χ1v) is 10.3. The molecule has 1 fully saturated rings. The van der Waals surface area contributed by atoms with Gasteiger partial charge in [-0.1, -0.05) is 15.9 Å². The molecular formula is C14H18BrNO4S2. The van der Waals surface area contributed by atoms with E-state index in [4.69, 9.17) is 4.74 Å². The molecule has 1 aliphatic heterocycles. The highest BCUT2D eigenvalue weighted by Gasteiger charge is 2.38. The van der Waals surface area contributed by atoms with E-state index >= 15 is 0 Å². The zero-order valence-corrected chi connectivity index (χ0v) is 15.6. The Hall–Kier alpha value is -0.570. The lowest BCUT2D eigenvalue weighted by Crippen LogP contribution is -2.50. The number of carbonyl (C=O) groups excluding carboxylic acids is 1. The highest BCUT2D eigenvalue weighted by molar-refractivity contribution is 9.10. The van der Waals surface area contributed by atoms with Crippen molar-refractivity contribution >= 4 is 43.7 Å². The quantitative estimate of drug-likeness (QED) is 0.717. The third-order valence-electron chi connectivity index (χ3n) is 3.37. The molecular weight excluding hydrogens is 390 g/mol. The SMILES string of the molecule is CCOC(=O)[C@@H]1CSCCN1S(=O)(=O)c1ccc(Br)c(C)c1. The Morgan fingerprint density at radius 1 is 1.50 bits per heavy atom. The van der Waals surface area contributed by atoms with Gasteiger partial charge in [0, 0.05) is 22.5 Å². The minimum atomic E-state index is -3.72. The Labute approximate surface area is 143 Å². The van der Waals surface area contributed by atoms with Crippen molar-refractivity contribution < 1.29 is 17.9 Å². The van der Waals surface area contributed by atoms with E-state index in [1.165, 1.54) is 4.31 Å². The highest BCUT2D eigenvalue weighted by atomic mass is 79.9. The third-order valence-corrected chi connectivity index (χ3v) is 7.19. The number of halogens is 1. The summed E-state index contributed by atoms with van der Waals surface area (Å²) in [6, 6.07) is 4.12. The fraction of sp³-hybridized carbons (Fsp3) is 0.500. The van der Waals surface area contributed by atoms with E-state index in [2.05, 4.69) is 15.9 Å². The Morgan fingerprint density at radius 2 is 2.23 bits per heavy atom. The average Bonchev–Trinajstić information content (AvgIpc) is 2.50. The van der Waals surface area contributed by atoms with E-state index < -0.39 is 22.0 Å². The second-order valence-corrected chi connectivity index (χ2v) is 8.76. The molecule has 0 saturated carbocycles. The summed E-state index contributed by atoms with van der Waals surface area (Å²) < 4.78 is 32.9. The summed E-state index contributed by atoms with van der Waals surface area (Å²) in [5, 5.41) is 0. The van der Waals surface area contributed by atoms with E-state index in [1.54, 1.807) is 36.9 Å². The molecule has 5 nitrogen and oxygen atoms in total. The Balaban J connectivity index is 2.36. The van der Waals surface area contributed by atoms with Crippen LogP contribution in [-0.2, 0) is 19.6 Å². The van der Waals surface area contributed by atoms with Gasteiger partial charge < -0.3 is 4.74 Å². The zero-order valence-electron chi connectivity index (χ0n) is 12.4. The molecule has 0 radical (unpaired) electrons. The van der Waals surface area contributed by atoms with Crippen LogP contribution in [0.25, 0.3) is 0 Å². The van der Waals surface area contributed by atoms with Crippen LogP contribution in [0, 0.1) is 6.92 Å². The number of benzene rings is 1. The van der Waals surface area contributed by atoms with Crippen LogP contribution in [0.15, 0.2) is 27.6 Å². The van der Waals surface area contributed by atoms with Gasteiger partial charge in [0.2, 0.25) is 10.0 Å². The maximum absolute atomic E-state index is 12.9. The van der Waals surface area contributed by atoms with Crippen LogP contribution >= 0.6 is 27.7 Å². The largest absolute Gasteiger partial charge is 0.465 e. The molecule has 0 aromatic heterocycles. The Morgan fingerprint density at radius 3 is 2.86 bits per heavy atom. The molecule has 1 heterocycles. The van der Waals surface area contributed by atoms with E-state index in [-0.39, 0.29) is 11.5 Å². The fourth-order valence-electron chi connectivity index (χ4n) is 2.21. The Bertz CT molecular complexity index is 663. The van der Waals surface area contributed by atoms with Crippen molar-refractivity contribution in [1.82, 2.24) is 4.31 Å². The van der Waals surface area contributed by atoms with Crippen LogP contribution in [0.2, 0.25) is 0 Å². The maximum Gasteiger partial charge on any atom is 0.325 e. The van der Waals surface area contributed by atoms with Gasteiger partial charge in [-0.3, -0.25) is 4.79 Å². The minimum absolute atomic E-state index is 0.203. The molecule has 0 unspecified atom stereocenters. The summed E-state index contributed by atoms with van der Waals surface area (Å²) in [6.07, 6.45) is 0. The third kappa shape index (κ3) is 3.67. The first-order chi connectivity index (χ1) is 10.4. The van der Waals surface area contributed by atoms with Gasteiger partial charge in [-0.2, -0.15) is 16.1 Å². The summed E-state index contributed by atoms with van der Waals surface area (Å²) in [5.41, 5.74) is 0.833. The monoisotopic (exact) mass is 407 g/mol. The van der Waals surface area contributed by atoms with Crippen molar-refractivity contribution in [3.8, 4) is 0 Å². The van der Waals surface area contributed by atoms with Crippen molar-refractivity contribution in [2.24, 2.45) is 0 Å². The molecule has 1 aromatic rings. The van der Waals surface area contributed by atoms with Gasteiger partial charge in [0.15, 0.2) is 0 Å². The van der Waals surface area contributed by atoms with E-state index in [0.29, 0.717) is 18.1 Å². The average molecular weight is 408 g/mol. The Kier molecular flexibility index (Phi) is 5.93. The van der Waals surface area contributed by atoms with Crippen LogP contribution in [0.1, 0.15) is 12.5 Å². The predicted molar refractivity (Wildman–Crippen MR) is 90.5 cm³/mol. The lowest BCUT2D eigenvalue weighted by atomic mass is 10.2. The molecule has 1 atom stereocenters. The van der Waals surface area contributed by atoms with Crippen LogP contribution in [0.5, 0.6) is 0 Å². The van der Waals surface area contributed by atoms with Gasteiger partial charge in [0.05, 0.1) is 11.5 Å². The molecule has 1 saturated heterocycles. The summed E-state index contributed by atoms with van der Waals surface area (Å²) in [5.74, 6) is 0.616. The molecule has 0 bridgehead atoms. The van der Waals surface area contributed by atoms with Crippen LogP contribution in [0.4, 0.5) is 0 Å². The van der Waals surface area contributed by atoms with E-state index in [0.717, 1.165) is 10.0 Å². The molecule has 2 rings (SSSR count). The summed E-state index contributed by atoms with van der Waals surface area (Å²) in [6.45, 7) is 4.10. The first kappa shape index (κ1) is 17.8. The number of hydrogen-bond donors (Lipinski definition) is 0. The van der Waals surface area contributed by atoms with Gasteiger partial charge in [0.25, 0.3) is 0 Å². The van der Waals surface area contributed by atoms with Gasteiger partial charge in [-0.05, 0) is 37.6 Å². The molecule has 8 heteroatoms. The van der Waals surface area contributed by atoms with Gasteiger partial charge in [-0.25, -0.2) is 8.42 Å². The lowest BCUT2D eigenvalue weighted by Gasteiger charge is -2.32. The molecule has 1 aromatic carbocycles. The minimum Gasteiger partial charge on any atom is -0.465 e. The number of hydrogen-bond acceptors (Lipinski definition) is 5. The number of ether oxygens (including phenoxy) is 1. The van der Waals surface area contributed by atoms with Crippen molar-refractivity contribution in [1.29, 1.82) is 0 Å². The maximum atomic E-state index is 12.9. The number of thioether (sulfide) groups is 1. The predicted octanol–water partition coefficient (Wildman–Crippen LogP) is 2.43. The molecule has 0 spiro atoms. The first-order valence-electron chi connectivity index (χ1n) is 6.90. The summed E-state index contributed by atoms with van der Waals surface area (Å²) in [7, 11) is -3.72. The molecule has 122 valence electrons. The second kappa shape index (κ2) is 7.33. The van der Waals surface area contributed by atoms with Crippen LogP contribution < -0.4 is 0 Å². The van der Waals surface area contributed by atoms with E-state index in [9.17, 15) is 13.2 Å². The van der Waals surface area contributed by atoms with Crippen LogP contribution in [-0.4, -0.2) is 49.4 Å². The summed E-state index contributed by atoms with van der Waals surface area (Å²) in [4.78, 5) is 12.3. The molecule has 0 amide bonds. The number of esters is 1. The molecule has 1 aliphatic rings. The fourth-order valence-corrected chi connectivity index (χ4v) is 5.37. The number of aryl methyl sites for hydroxylation is 1. The van der Waals surface area contributed by atoms with Gasteiger partial charge in [0.1, 0.15) is 6.04 Å². The standard InChI is InChI=1S/C14H18BrNO4S2/c1-3-20-14(17)13-9-21-7-6-16(13)22(18,19)11-4-5-12(15)10(2)8-11/h4-5,8,13H,3,6-7,9H2,1-2H3/t13-/m0/s1. The van der Waals surface area contributed by atoms with Gasteiger partial charge in [-0.15, -0.1) is 0 Å². The van der Waals surface area contributed by atoms with Crippen molar-refractivity contribution in [2.45, 2.75) is 24.8 Å². The van der Waals surface area contributed by atoms with Crippen LogP contribution in [0.3, 0.4) is 0 Å². The van der Waals surface area contributed by atoms with Crippen molar-refractivity contribution in [3.63, 3.8) is 0 Å². The number of nitrogens with zero attached hydrogens (tertiary/aromatic N) is 1. The highest BCUT2D eigenvalue weighted by Crippen LogP contribution is 2.27. The smallest absolute Gasteiger partial charge is 0.325 e. The van der Waals surface area contributed by atoms with Crippen molar-refractivity contribution in [3.05, 3.63) is 28.2 Å². The number of rotatable bonds is 4. The topological polar surface area (TPSA) is 63.7 Å². The number of carbonyl (C=O) groups is 1. The van der Waals surface area contributed by atoms with Crippen molar-refractivity contribution in [2.75, 3.05) is 24.7 Å². The molecule has 0 N–H and O–H groups in total. The van der Waals surface area contributed by atoms with E-state index in [1.807, 2.05) is 6.92 Å². The molecule has 22 heavy (non-hydrogen) atoms. The normalized spacial score (nSPS) is 19.9.